The predicted octanol–water partition coefficient (Wildman–Crippen LogP) is 4.21. The molecule has 0 radical (unpaired) electrons. The first kappa shape index (κ1) is 19.9. The SMILES string of the molecule is CCCCCCC(=O)Nc1ccc(S(=O)(=O)NC2CCCCC2)cc1. The van der Waals surface area contributed by atoms with Crippen molar-refractivity contribution in [3.05, 3.63) is 24.3 Å². The number of carbonyl (C=O) groups excluding carboxylic acids is 1. The number of sulfonamides is 1. The monoisotopic (exact) mass is 366 g/mol. The summed E-state index contributed by atoms with van der Waals surface area (Å²) in [7, 11) is -3.49. The summed E-state index contributed by atoms with van der Waals surface area (Å²) in [6.45, 7) is 2.14. The number of nitrogens with one attached hydrogen (secondary N) is 2. The third-order valence-corrected chi connectivity index (χ3v) is 6.17. The summed E-state index contributed by atoms with van der Waals surface area (Å²) in [4.78, 5) is 12.1. The van der Waals surface area contributed by atoms with Gasteiger partial charge in [-0.2, -0.15) is 0 Å². The molecule has 0 aliphatic heterocycles. The van der Waals surface area contributed by atoms with E-state index in [1.54, 1.807) is 24.3 Å². The van der Waals surface area contributed by atoms with Crippen LogP contribution in [0.5, 0.6) is 0 Å². The van der Waals surface area contributed by atoms with Gasteiger partial charge in [0.25, 0.3) is 0 Å². The minimum atomic E-state index is -3.49. The van der Waals surface area contributed by atoms with E-state index >= 15 is 0 Å². The molecule has 0 aromatic heterocycles. The molecule has 1 amide bonds. The molecule has 1 aromatic carbocycles. The van der Waals surface area contributed by atoms with Gasteiger partial charge in [0.2, 0.25) is 15.9 Å². The molecule has 1 aromatic rings. The van der Waals surface area contributed by atoms with Crippen LogP contribution in [0.4, 0.5) is 5.69 Å². The highest BCUT2D eigenvalue weighted by atomic mass is 32.2. The lowest BCUT2D eigenvalue weighted by Crippen LogP contribution is -2.36. The molecule has 0 bridgehead atoms. The molecular formula is C19H30N2O3S. The summed E-state index contributed by atoms with van der Waals surface area (Å²) in [5, 5.41) is 2.82. The molecule has 5 nitrogen and oxygen atoms in total. The average molecular weight is 367 g/mol. The number of amides is 1. The van der Waals surface area contributed by atoms with Crippen LogP contribution in [0, 0.1) is 0 Å². The number of rotatable bonds is 9. The van der Waals surface area contributed by atoms with Gasteiger partial charge in [-0.15, -0.1) is 0 Å². The molecule has 1 fully saturated rings. The van der Waals surface area contributed by atoms with Gasteiger partial charge in [-0.3, -0.25) is 4.79 Å². The van der Waals surface area contributed by atoms with E-state index in [0.717, 1.165) is 51.4 Å². The van der Waals surface area contributed by atoms with Crippen LogP contribution >= 0.6 is 0 Å². The number of anilines is 1. The predicted molar refractivity (Wildman–Crippen MR) is 101 cm³/mol. The summed E-state index contributed by atoms with van der Waals surface area (Å²) in [5.41, 5.74) is 0.636. The normalized spacial score (nSPS) is 15.9. The second-order valence-corrected chi connectivity index (χ2v) is 8.55. The van der Waals surface area contributed by atoms with Crippen molar-refractivity contribution in [2.45, 2.75) is 82.1 Å². The molecule has 0 spiro atoms. The van der Waals surface area contributed by atoms with E-state index in [2.05, 4.69) is 17.0 Å². The maximum atomic E-state index is 12.4. The number of carbonyl (C=O) groups is 1. The Morgan fingerprint density at radius 1 is 1.04 bits per heavy atom. The van der Waals surface area contributed by atoms with Crippen molar-refractivity contribution in [3.8, 4) is 0 Å². The number of hydrogen-bond donors (Lipinski definition) is 2. The van der Waals surface area contributed by atoms with E-state index in [1.165, 1.54) is 6.42 Å². The van der Waals surface area contributed by atoms with Gasteiger partial charge in [0.15, 0.2) is 0 Å². The van der Waals surface area contributed by atoms with Crippen LogP contribution in [0.3, 0.4) is 0 Å². The Morgan fingerprint density at radius 2 is 1.72 bits per heavy atom. The Balaban J connectivity index is 1.86. The van der Waals surface area contributed by atoms with Crippen molar-refractivity contribution in [2.24, 2.45) is 0 Å². The molecule has 0 heterocycles. The van der Waals surface area contributed by atoms with Crippen LogP contribution in [0.25, 0.3) is 0 Å². The first-order chi connectivity index (χ1) is 12.0. The quantitative estimate of drug-likeness (QED) is 0.643. The van der Waals surface area contributed by atoms with Crippen molar-refractivity contribution in [1.29, 1.82) is 0 Å². The molecule has 6 heteroatoms. The second-order valence-electron chi connectivity index (χ2n) is 6.84. The fourth-order valence-electron chi connectivity index (χ4n) is 3.16. The Kier molecular flexibility index (Phi) is 7.90. The number of benzene rings is 1. The Bertz CT molecular complexity index is 635. The molecule has 0 atom stereocenters. The molecule has 25 heavy (non-hydrogen) atoms. The maximum absolute atomic E-state index is 12.4. The van der Waals surface area contributed by atoms with Gasteiger partial charge in [-0.05, 0) is 43.5 Å². The van der Waals surface area contributed by atoms with Crippen LogP contribution in [0.1, 0.15) is 71.1 Å². The number of unbranched alkanes of at least 4 members (excludes halogenated alkanes) is 3. The fraction of sp³-hybridized carbons (Fsp3) is 0.632. The van der Waals surface area contributed by atoms with Crippen LogP contribution in [-0.2, 0) is 14.8 Å². The van der Waals surface area contributed by atoms with Gasteiger partial charge in [-0.25, -0.2) is 13.1 Å². The molecule has 0 saturated heterocycles. The highest BCUT2D eigenvalue weighted by Crippen LogP contribution is 2.21. The van der Waals surface area contributed by atoms with Crippen molar-refractivity contribution in [3.63, 3.8) is 0 Å². The molecule has 1 aliphatic rings. The van der Waals surface area contributed by atoms with Gasteiger partial charge in [0, 0.05) is 18.2 Å². The van der Waals surface area contributed by atoms with Crippen molar-refractivity contribution in [2.75, 3.05) is 5.32 Å². The Morgan fingerprint density at radius 3 is 2.36 bits per heavy atom. The van der Waals surface area contributed by atoms with E-state index in [9.17, 15) is 13.2 Å². The van der Waals surface area contributed by atoms with Gasteiger partial charge in [-0.1, -0.05) is 45.4 Å². The summed E-state index contributed by atoms with van der Waals surface area (Å²) < 4.78 is 27.7. The average Bonchev–Trinajstić information content (AvgIpc) is 2.60. The van der Waals surface area contributed by atoms with Gasteiger partial charge in [0.1, 0.15) is 0 Å². The highest BCUT2D eigenvalue weighted by molar-refractivity contribution is 7.89. The zero-order valence-electron chi connectivity index (χ0n) is 15.1. The number of hydrogen-bond acceptors (Lipinski definition) is 3. The van der Waals surface area contributed by atoms with E-state index < -0.39 is 10.0 Å². The third-order valence-electron chi connectivity index (χ3n) is 4.63. The van der Waals surface area contributed by atoms with E-state index in [0.29, 0.717) is 12.1 Å². The smallest absolute Gasteiger partial charge is 0.240 e. The van der Waals surface area contributed by atoms with Gasteiger partial charge >= 0.3 is 0 Å². The molecule has 0 unspecified atom stereocenters. The molecule has 1 saturated carbocycles. The van der Waals surface area contributed by atoms with Crippen molar-refractivity contribution < 1.29 is 13.2 Å². The van der Waals surface area contributed by atoms with Crippen LogP contribution in [-0.4, -0.2) is 20.4 Å². The highest BCUT2D eigenvalue weighted by Gasteiger charge is 2.21. The van der Waals surface area contributed by atoms with Crippen LogP contribution < -0.4 is 10.0 Å². The zero-order chi connectivity index (χ0) is 18.1. The largest absolute Gasteiger partial charge is 0.326 e. The summed E-state index contributed by atoms with van der Waals surface area (Å²) >= 11 is 0. The topological polar surface area (TPSA) is 75.3 Å². The van der Waals surface area contributed by atoms with Crippen molar-refractivity contribution >= 4 is 21.6 Å². The standard InChI is InChI=1S/C19H30N2O3S/c1-2-3-4-8-11-19(22)20-16-12-14-18(15-13-16)25(23,24)21-17-9-6-5-7-10-17/h12-15,17,21H,2-11H2,1H3,(H,20,22). The van der Waals surface area contributed by atoms with Crippen LogP contribution in [0.2, 0.25) is 0 Å². The lowest BCUT2D eigenvalue weighted by Gasteiger charge is -2.22. The van der Waals surface area contributed by atoms with Gasteiger partial charge < -0.3 is 5.32 Å². The minimum absolute atomic E-state index is 0.0213. The van der Waals surface area contributed by atoms with E-state index in [4.69, 9.17) is 0 Å². The molecule has 2 N–H and O–H groups in total. The first-order valence-corrected chi connectivity index (χ1v) is 10.9. The second kappa shape index (κ2) is 9.92. The molecular weight excluding hydrogens is 336 g/mol. The Hall–Kier alpha value is -1.40. The lowest BCUT2D eigenvalue weighted by atomic mass is 9.96. The maximum Gasteiger partial charge on any atom is 0.240 e. The third kappa shape index (κ3) is 6.78. The summed E-state index contributed by atoms with van der Waals surface area (Å²) in [5.74, 6) is -0.0213. The van der Waals surface area contributed by atoms with E-state index in [-0.39, 0.29) is 16.8 Å². The minimum Gasteiger partial charge on any atom is -0.326 e. The molecule has 1 aliphatic carbocycles. The molecule has 2 rings (SSSR count). The Labute approximate surface area is 151 Å². The summed E-state index contributed by atoms with van der Waals surface area (Å²) in [6.07, 6.45) is 9.91. The van der Waals surface area contributed by atoms with Crippen LogP contribution in [0.15, 0.2) is 29.2 Å². The molecule has 140 valence electrons. The zero-order valence-corrected chi connectivity index (χ0v) is 15.9. The fourth-order valence-corrected chi connectivity index (χ4v) is 4.47. The lowest BCUT2D eigenvalue weighted by molar-refractivity contribution is -0.116. The summed E-state index contributed by atoms with van der Waals surface area (Å²) in [6, 6.07) is 6.45. The first-order valence-electron chi connectivity index (χ1n) is 9.43. The van der Waals surface area contributed by atoms with Gasteiger partial charge in [0.05, 0.1) is 4.90 Å². The van der Waals surface area contributed by atoms with E-state index in [1.807, 2.05) is 0 Å². The van der Waals surface area contributed by atoms with Crippen molar-refractivity contribution in [1.82, 2.24) is 4.72 Å².